The van der Waals surface area contributed by atoms with Gasteiger partial charge in [0.05, 0.1) is 5.69 Å². The van der Waals surface area contributed by atoms with E-state index in [2.05, 4.69) is 33.8 Å². The van der Waals surface area contributed by atoms with Gasteiger partial charge in [-0.3, -0.25) is 14.7 Å². The van der Waals surface area contributed by atoms with Crippen molar-refractivity contribution in [3.05, 3.63) is 29.6 Å². The zero-order valence-electron chi connectivity index (χ0n) is 12.9. The van der Waals surface area contributed by atoms with Gasteiger partial charge in [0.15, 0.2) is 0 Å². The first-order valence-corrected chi connectivity index (χ1v) is 8.21. The van der Waals surface area contributed by atoms with Crippen molar-refractivity contribution in [3.63, 3.8) is 0 Å². The Morgan fingerprint density at radius 3 is 2.52 bits per heavy atom. The van der Waals surface area contributed by atoms with Gasteiger partial charge in [-0.15, -0.1) is 0 Å². The fraction of sp³-hybridized carbons (Fsp3) is 0.647. The van der Waals surface area contributed by atoms with Crippen LogP contribution in [0.15, 0.2) is 18.3 Å². The second kappa shape index (κ2) is 6.56. The molecule has 4 nitrogen and oxygen atoms in total. The first-order valence-electron chi connectivity index (χ1n) is 8.21. The van der Waals surface area contributed by atoms with Crippen molar-refractivity contribution in [2.45, 2.75) is 39.2 Å². The molecule has 2 aliphatic rings. The molecular formula is C17H25N3O. The third-order valence-corrected chi connectivity index (χ3v) is 4.82. The van der Waals surface area contributed by atoms with Gasteiger partial charge in [0.1, 0.15) is 0 Å². The molecule has 2 fully saturated rings. The van der Waals surface area contributed by atoms with Crippen molar-refractivity contribution in [1.29, 1.82) is 0 Å². The van der Waals surface area contributed by atoms with Gasteiger partial charge in [-0.05, 0) is 30.9 Å². The van der Waals surface area contributed by atoms with Crippen LogP contribution in [0.3, 0.4) is 0 Å². The van der Waals surface area contributed by atoms with Gasteiger partial charge in [0.25, 0.3) is 0 Å². The highest BCUT2D eigenvalue weighted by molar-refractivity contribution is 5.79. The van der Waals surface area contributed by atoms with Crippen LogP contribution in [0.1, 0.15) is 37.4 Å². The van der Waals surface area contributed by atoms with E-state index in [-0.39, 0.29) is 0 Å². The van der Waals surface area contributed by atoms with E-state index in [0.29, 0.717) is 11.8 Å². The normalized spacial score (nSPS) is 20.3. The topological polar surface area (TPSA) is 36.4 Å². The molecule has 1 amide bonds. The van der Waals surface area contributed by atoms with E-state index in [0.717, 1.165) is 57.7 Å². The van der Waals surface area contributed by atoms with Gasteiger partial charge in [-0.25, -0.2) is 0 Å². The Bertz CT molecular complexity index is 473. The Labute approximate surface area is 127 Å². The highest BCUT2D eigenvalue weighted by atomic mass is 16.2. The lowest BCUT2D eigenvalue weighted by Gasteiger charge is -2.38. The summed E-state index contributed by atoms with van der Waals surface area (Å²) in [5.74, 6) is 0.728. The molecule has 4 heteroatoms. The number of pyridine rings is 1. The smallest absolute Gasteiger partial charge is 0.225 e. The maximum absolute atomic E-state index is 12.2. The Morgan fingerprint density at radius 1 is 1.24 bits per heavy atom. The van der Waals surface area contributed by atoms with Gasteiger partial charge < -0.3 is 4.90 Å². The van der Waals surface area contributed by atoms with Crippen LogP contribution in [-0.4, -0.2) is 46.9 Å². The number of carbonyl (C=O) groups excluding carboxylic acids is 1. The lowest BCUT2D eigenvalue weighted by atomic mass is 9.84. The maximum Gasteiger partial charge on any atom is 0.225 e. The molecule has 3 rings (SSSR count). The van der Waals surface area contributed by atoms with Crippen molar-refractivity contribution in [3.8, 4) is 0 Å². The molecule has 1 aromatic heterocycles. The molecule has 0 aromatic carbocycles. The van der Waals surface area contributed by atoms with Gasteiger partial charge in [0.2, 0.25) is 5.91 Å². The number of amides is 1. The average Bonchev–Trinajstić information content (AvgIpc) is 2.47. The number of rotatable bonds is 4. The van der Waals surface area contributed by atoms with Gasteiger partial charge in [-0.1, -0.05) is 19.4 Å². The van der Waals surface area contributed by atoms with Crippen LogP contribution < -0.4 is 0 Å². The van der Waals surface area contributed by atoms with E-state index < -0.39 is 0 Å². The molecule has 1 saturated heterocycles. The third kappa shape index (κ3) is 3.43. The van der Waals surface area contributed by atoms with Gasteiger partial charge in [-0.2, -0.15) is 0 Å². The van der Waals surface area contributed by atoms with E-state index in [9.17, 15) is 4.79 Å². The first-order chi connectivity index (χ1) is 10.3. The van der Waals surface area contributed by atoms with Crippen LogP contribution in [0.25, 0.3) is 0 Å². The summed E-state index contributed by atoms with van der Waals surface area (Å²) in [6, 6.07) is 4.30. The first kappa shape index (κ1) is 14.5. The lowest BCUT2D eigenvalue weighted by molar-refractivity contribution is -0.140. The molecule has 1 aliphatic carbocycles. The summed E-state index contributed by atoms with van der Waals surface area (Å²) in [4.78, 5) is 21.2. The number of carbonyl (C=O) groups is 1. The predicted octanol–water partition coefficient (Wildman–Crippen LogP) is 2.09. The molecule has 0 unspecified atom stereocenters. The summed E-state index contributed by atoms with van der Waals surface area (Å²) in [6.45, 7) is 6.74. The summed E-state index contributed by atoms with van der Waals surface area (Å²) in [5.41, 5.74) is 2.42. The maximum atomic E-state index is 12.2. The summed E-state index contributed by atoms with van der Waals surface area (Å²) in [5, 5.41) is 0. The summed E-state index contributed by atoms with van der Waals surface area (Å²) in [7, 11) is 0. The Morgan fingerprint density at radius 2 is 2.00 bits per heavy atom. The van der Waals surface area contributed by atoms with Crippen LogP contribution in [0.4, 0.5) is 0 Å². The van der Waals surface area contributed by atoms with E-state index in [1.54, 1.807) is 0 Å². The van der Waals surface area contributed by atoms with Crippen molar-refractivity contribution in [2.24, 2.45) is 5.92 Å². The number of nitrogens with zero attached hydrogens (tertiary/aromatic N) is 3. The number of aromatic nitrogens is 1. The van der Waals surface area contributed by atoms with E-state index in [1.807, 2.05) is 6.20 Å². The number of hydrogen-bond donors (Lipinski definition) is 0. The molecule has 1 saturated carbocycles. The minimum atomic E-state index is 0.333. The van der Waals surface area contributed by atoms with E-state index in [1.165, 1.54) is 12.0 Å². The summed E-state index contributed by atoms with van der Waals surface area (Å²) < 4.78 is 0. The molecule has 21 heavy (non-hydrogen) atoms. The Hall–Kier alpha value is -1.42. The van der Waals surface area contributed by atoms with Crippen molar-refractivity contribution in [1.82, 2.24) is 14.8 Å². The van der Waals surface area contributed by atoms with Crippen LogP contribution >= 0.6 is 0 Å². The molecule has 0 radical (unpaired) electrons. The molecular weight excluding hydrogens is 262 g/mol. The summed E-state index contributed by atoms with van der Waals surface area (Å²) >= 11 is 0. The molecule has 1 aliphatic heterocycles. The standard InChI is InChI=1S/C17H25N3O/c1-2-14-6-7-16(18-12-14)13-19-8-10-20(11-9-19)17(21)15-4-3-5-15/h6-7,12,15H,2-5,8-11,13H2,1H3. The quantitative estimate of drug-likeness (QED) is 0.851. The monoisotopic (exact) mass is 287 g/mol. The van der Waals surface area contributed by atoms with Crippen LogP contribution in [0, 0.1) is 5.92 Å². The highest BCUT2D eigenvalue weighted by Gasteiger charge is 2.31. The number of aryl methyl sites for hydroxylation is 1. The van der Waals surface area contributed by atoms with Crippen LogP contribution in [0.5, 0.6) is 0 Å². The summed E-state index contributed by atoms with van der Waals surface area (Å²) in [6.07, 6.45) is 6.45. The zero-order valence-corrected chi connectivity index (χ0v) is 12.9. The van der Waals surface area contributed by atoms with Gasteiger partial charge in [0, 0.05) is 44.8 Å². The largest absolute Gasteiger partial charge is 0.340 e. The zero-order chi connectivity index (χ0) is 14.7. The predicted molar refractivity (Wildman–Crippen MR) is 82.8 cm³/mol. The van der Waals surface area contributed by atoms with E-state index in [4.69, 9.17) is 0 Å². The Balaban J connectivity index is 1.47. The Kier molecular flexibility index (Phi) is 4.54. The van der Waals surface area contributed by atoms with Crippen LogP contribution in [-0.2, 0) is 17.8 Å². The fourth-order valence-corrected chi connectivity index (χ4v) is 3.03. The second-order valence-corrected chi connectivity index (χ2v) is 6.24. The number of piperazine rings is 1. The van der Waals surface area contributed by atoms with Crippen molar-refractivity contribution < 1.29 is 4.79 Å². The minimum absolute atomic E-state index is 0.333. The molecule has 114 valence electrons. The van der Waals surface area contributed by atoms with E-state index >= 15 is 0 Å². The minimum Gasteiger partial charge on any atom is -0.340 e. The number of hydrogen-bond acceptors (Lipinski definition) is 3. The fourth-order valence-electron chi connectivity index (χ4n) is 3.03. The third-order valence-electron chi connectivity index (χ3n) is 4.82. The molecule has 0 bridgehead atoms. The van der Waals surface area contributed by atoms with Gasteiger partial charge >= 0.3 is 0 Å². The molecule has 0 spiro atoms. The molecule has 0 atom stereocenters. The molecule has 0 N–H and O–H groups in total. The van der Waals surface area contributed by atoms with Crippen molar-refractivity contribution in [2.75, 3.05) is 26.2 Å². The molecule has 2 heterocycles. The second-order valence-electron chi connectivity index (χ2n) is 6.24. The SMILES string of the molecule is CCc1ccc(CN2CCN(C(=O)C3CCC3)CC2)nc1. The molecule has 1 aromatic rings. The lowest BCUT2D eigenvalue weighted by Crippen LogP contribution is -2.50. The average molecular weight is 287 g/mol. The van der Waals surface area contributed by atoms with Crippen LogP contribution in [0.2, 0.25) is 0 Å². The van der Waals surface area contributed by atoms with Crippen molar-refractivity contribution >= 4 is 5.91 Å². The highest BCUT2D eigenvalue weighted by Crippen LogP contribution is 2.28.